The summed E-state index contributed by atoms with van der Waals surface area (Å²) < 4.78 is 8.36. The van der Waals surface area contributed by atoms with Crippen molar-refractivity contribution in [1.29, 1.82) is 5.26 Å². The van der Waals surface area contributed by atoms with Gasteiger partial charge in [0.2, 0.25) is 11.9 Å². The number of fused-ring (bicyclic) bond motifs is 2. The molecule has 0 saturated carbocycles. The minimum atomic E-state index is -0.508. The molecule has 8 rings (SSSR count). The zero-order valence-electron chi connectivity index (χ0n) is 32.3. The van der Waals surface area contributed by atoms with Crippen molar-refractivity contribution >= 4 is 51.5 Å². The van der Waals surface area contributed by atoms with Gasteiger partial charge in [-0.25, -0.2) is 9.59 Å². The second kappa shape index (κ2) is 16.1. The van der Waals surface area contributed by atoms with Crippen molar-refractivity contribution in [2.24, 2.45) is 28.2 Å². The van der Waals surface area contributed by atoms with Crippen molar-refractivity contribution in [1.82, 2.24) is 48.0 Å². The molecule has 2 aliphatic rings. The van der Waals surface area contributed by atoms with E-state index >= 15 is 0 Å². The van der Waals surface area contributed by atoms with Crippen LogP contribution in [0.2, 0.25) is 5.02 Å². The fraction of sp³-hybridized carbons (Fsp3) is 0.378. The number of nitro benzene ring substituents is 1. The number of piperazine rings is 2. The van der Waals surface area contributed by atoms with E-state index in [2.05, 4.69) is 31.6 Å². The van der Waals surface area contributed by atoms with Gasteiger partial charge in [0.25, 0.3) is 16.8 Å². The maximum absolute atomic E-state index is 13.0. The number of hydrogen-bond donors (Lipinski definition) is 2. The molecule has 0 radical (unpaired) electrons. The molecule has 0 aliphatic carbocycles. The smallest absolute Gasteiger partial charge is 0.332 e. The predicted octanol–water partition coefficient (Wildman–Crippen LogP) is 0.216. The maximum Gasteiger partial charge on any atom is 0.332 e. The van der Waals surface area contributed by atoms with E-state index in [9.17, 15) is 29.3 Å². The van der Waals surface area contributed by atoms with E-state index in [1.807, 2.05) is 21.6 Å². The molecule has 58 heavy (non-hydrogen) atoms. The maximum atomic E-state index is 13.0. The van der Waals surface area contributed by atoms with Crippen LogP contribution in [0.3, 0.4) is 0 Å². The van der Waals surface area contributed by atoms with Crippen LogP contribution in [0.5, 0.6) is 0 Å². The van der Waals surface area contributed by atoms with Gasteiger partial charge in [0, 0.05) is 91.6 Å². The van der Waals surface area contributed by atoms with Crippen LogP contribution in [0, 0.1) is 21.4 Å². The number of anilines is 2. The summed E-state index contributed by atoms with van der Waals surface area (Å²) in [4.78, 5) is 75.1. The number of aromatic nitrogens is 8. The van der Waals surface area contributed by atoms with E-state index in [0.29, 0.717) is 58.8 Å². The zero-order valence-corrected chi connectivity index (χ0v) is 33.1. The van der Waals surface area contributed by atoms with Gasteiger partial charge in [-0.1, -0.05) is 23.7 Å². The number of hydrogen-bond acceptors (Lipinski definition) is 13. The van der Waals surface area contributed by atoms with Crippen LogP contribution >= 0.6 is 11.6 Å². The highest BCUT2D eigenvalue weighted by Crippen LogP contribution is 2.28. The highest BCUT2D eigenvalue weighted by atomic mass is 35.5. The Bertz CT molecular complexity index is 2850. The lowest BCUT2D eigenvalue weighted by Crippen LogP contribution is -2.44. The first-order valence-electron chi connectivity index (χ1n) is 18.5. The molecule has 21 heteroatoms. The molecule has 2 N–H and O–H groups in total. The van der Waals surface area contributed by atoms with Crippen molar-refractivity contribution < 1.29 is 4.92 Å². The zero-order chi connectivity index (χ0) is 41.4. The summed E-state index contributed by atoms with van der Waals surface area (Å²) >= 11 is 6.09. The summed E-state index contributed by atoms with van der Waals surface area (Å²) in [6, 6.07) is 13.7. The molecule has 0 bridgehead atoms. The lowest BCUT2D eigenvalue weighted by atomic mass is 10.1. The average molecular weight is 813 g/mol. The molecular weight excluding hydrogens is 772 g/mol. The van der Waals surface area contributed by atoms with Gasteiger partial charge >= 0.3 is 11.4 Å². The first-order chi connectivity index (χ1) is 27.8. The van der Waals surface area contributed by atoms with Gasteiger partial charge in [0.1, 0.15) is 0 Å². The first kappa shape index (κ1) is 39.7. The van der Waals surface area contributed by atoms with E-state index < -0.39 is 21.9 Å². The summed E-state index contributed by atoms with van der Waals surface area (Å²) in [6.07, 6.45) is 0. The quantitative estimate of drug-likeness (QED) is 0.163. The van der Waals surface area contributed by atoms with Crippen molar-refractivity contribution in [2.75, 3.05) is 62.2 Å². The summed E-state index contributed by atoms with van der Waals surface area (Å²) in [5.74, 6) is 1.17. The largest absolute Gasteiger partial charge is 0.340 e. The molecule has 302 valence electrons. The lowest BCUT2D eigenvalue weighted by molar-refractivity contribution is -0.385. The fourth-order valence-electron chi connectivity index (χ4n) is 7.28. The topological polar surface area (TPSA) is 221 Å². The minimum absolute atomic E-state index is 0.0140. The van der Waals surface area contributed by atoms with Gasteiger partial charge in [-0.3, -0.25) is 47.1 Å². The number of aryl methyl sites for hydroxylation is 2. The van der Waals surface area contributed by atoms with Crippen molar-refractivity contribution in [3.05, 3.63) is 116 Å². The SMILES string of the molecule is Cn1c(=O)c2c(nc(N3CCNCC3)n2Cc2cc(Cl)ccc2[N+](=O)[O-])n(C)c1=O.Cn1c(=O)c2c(nc(N3CCNCC3)n2Cc2ccc(C#N)cc2)n(C)c1=O. The molecule has 2 aliphatic heterocycles. The summed E-state index contributed by atoms with van der Waals surface area (Å²) in [7, 11) is 6.05. The summed E-state index contributed by atoms with van der Waals surface area (Å²) in [6.45, 7) is 6.40. The Labute approximate surface area is 334 Å². The van der Waals surface area contributed by atoms with E-state index in [0.717, 1.165) is 54.0 Å². The molecule has 0 amide bonds. The third-order valence-corrected chi connectivity index (χ3v) is 10.7. The number of halogens is 1. The third kappa shape index (κ3) is 7.26. The Balaban J connectivity index is 0.000000177. The van der Waals surface area contributed by atoms with E-state index in [1.54, 1.807) is 30.8 Å². The highest BCUT2D eigenvalue weighted by Gasteiger charge is 2.27. The van der Waals surface area contributed by atoms with Crippen LogP contribution in [0.4, 0.5) is 17.6 Å². The molecule has 4 aromatic heterocycles. The van der Waals surface area contributed by atoms with Gasteiger partial charge in [-0.05, 0) is 29.8 Å². The minimum Gasteiger partial charge on any atom is -0.340 e. The number of rotatable bonds is 7. The Kier molecular flexibility index (Phi) is 11.0. The van der Waals surface area contributed by atoms with Gasteiger partial charge in [-0.15, -0.1) is 0 Å². The first-order valence-corrected chi connectivity index (χ1v) is 18.8. The average Bonchev–Trinajstić information content (AvgIpc) is 3.81. The number of nitrogens with one attached hydrogen (secondary N) is 2. The molecule has 0 unspecified atom stereocenters. The van der Waals surface area contributed by atoms with Crippen LogP contribution in [-0.2, 0) is 41.3 Å². The second-order valence-electron chi connectivity index (χ2n) is 14.1. The Hall–Kier alpha value is -6.56. The molecule has 0 atom stereocenters. The number of nitriles is 1. The van der Waals surface area contributed by atoms with Crippen molar-refractivity contribution in [3.63, 3.8) is 0 Å². The molecule has 2 fully saturated rings. The monoisotopic (exact) mass is 812 g/mol. The molecule has 6 heterocycles. The molecule has 0 spiro atoms. The van der Waals surface area contributed by atoms with Crippen LogP contribution < -0.4 is 42.9 Å². The highest BCUT2D eigenvalue weighted by molar-refractivity contribution is 6.30. The van der Waals surface area contributed by atoms with Crippen LogP contribution in [0.15, 0.2) is 61.6 Å². The van der Waals surface area contributed by atoms with E-state index in [1.165, 1.54) is 41.4 Å². The van der Waals surface area contributed by atoms with Gasteiger partial charge in [0.15, 0.2) is 22.3 Å². The molecule has 6 aromatic rings. The predicted molar refractivity (Wildman–Crippen MR) is 218 cm³/mol. The standard InChI is InChI=1S/C19H21N7O2.C18H20ClN7O4/c1-23-16-15(17(27)24(2)19(23)28)26(12-14-5-3-13(11-20)4-6-14)18(22-16)25-9-7-21-8-10-25;1-22-15-14(16(27)23(2)18(22)28)25(17(21-15)24-7-5-20-6-8-24)10-11-9-12(19)3-4-13(11)26(29)30/h3-6,21H,7-10,12H2,1-2H3;3-4,9,20H,5-8,10H2,1-2H3. The lowest BCUT2D eigenvalue weighted by Gasteiger charge is -2.28. The Morgan fingerprint density at radius 1 is 0.724 bits per heavy atom. The van der Waals surface area contributed by atoms with Gasteiger partial charge in [-0.2, -0.15) is 15.2 Å². The molecular formula is C37H41ClN14O6. The van der Waals surface area contributed by atoms with Gasteiger partial charge < -0.3 is 20.4 Å². The number of imidazole rings is 2. The van der Waals surface area contributed by atoms with Gasteiger partial charge in [0.05, 0.1) is 35.2 Å². The summed E-state index contributed by atoms with van der Waals surface area (Å²) in [5.41, 5.74) is 1.26. The second-order valence-corrected chi connectivity index (χ2v) is 14.5. The van der Waals surface area contributed by atoms with Crippen LogP contribution in [0.1, 0.15) is 16.7 Å². The normalized spacial score (nSPS) is 14.4. The van der Waals surface area contributed by atoms with Crippen LogP contribution in [-0.4, -0.2) is 94.7 Å². The number of benzene rings is 2. The number of nitro groups is 1. The fourth-order valence-corrected chi connectivity index (χ4v) is 7.47. The summed E-state index contributed by atoms with van der Waals surface area (Å²) in [5, 5.41) is 27.5. The Morgan fingerprint density at radius 3 is 1.64 bits per heavy atom. The molecule has 2 saturated heterocycles. The van der Waals surface area contributed by atoms with Crippen LogP contribution in [0.25, 0.3) is 22.3 Å². The molecule has 2 aromatic carbocycles. The van der Waals surface area contributed by atoms with E-state index in [4.69, 9.17) is 16.9 Å². The molecule has 20 nitrogen and oxygen atoms in total. The number of nitrogens with zero attached hydrogens (tertiary/aromatic N) is 12. The third-order valence-electron chi connectivity index (χ3n) is 10.4. The Morgan fingerprint density at radius 2 is 1.19 bits per heavy atom. The van der Waals surface area contributed by atoms with E-state index in [-0.39, 0.29) is 29.0 Å². The van der Waals surface area contributed by atoms with Crippen molar-refractivity contribution in [2.45, 2.75) is 13.1 Å². The van der Waals surface area contributed by atoms with Crippen molar-refractivity contribution in [3.8, 4) is 6.07 Å².